The third-order valence-electron chi connectivity index (χ3n) is 1.78. The normalized spacial score (nSPS) is 9.81. The lowest BCUT2D eigenvalue weighted by Gasteiger charge is -2.06. The highest BCUT2D eigenvalue weighted by Crippen LogP contribution is 1.88. The highest BCUT2D eigenvalue weighted by atomic mass is 16.6. The van der Waals surface area contributed by atoms with Gasteiger partial charge in [-0.25, -0.2) is 14.4 Å². The van der Waals surface area contributed by atoms with Crippen LogP contribution in [-0.4, -0.2) is 70.4 Å². The molecule has 120 valence electrons. The van der Waals surface area contributed by atoms with E-state index < -0.39 is 37.7 Å². The molecule has 9 heteroatoms. The second-order valence-corrected chi connectivity index (χ2v) is 3.73. The first-order valence-electron chi connectivity index (χ1n) is 5.98. The predicted molar refractivity (Wildman–Crippen MR) is 66.3 cm³/mol. The standard InChI is InChI=1S/C12H18O9/c1-9(13)5-20-10(14)6-18-7-11(15)21-8-12(16)19-4-3-17-2/h3-8H2,1-2H3. The molecule has 0 aromatic heterocycles. The van der Waals surface area contributed by atoms with Crippen molar-refractivity contribution in [2.45, 2.75) is 6.92 Å². The van der Waals surface area contributed by atoms with Gasteiger partial charge in [0.05, 0.1) is 6.61 Å². The third kappa shape index (κ3) is 12.8. The van der Waals surface area contributed by atoms with Gasteiger partial charge in [-0.3, -0.25) is 4.79 Å². The van der Waals surface area contributed by atoms with E-state index in [0.29, 0.717) is 0 Å². The maximum absolute atomic E-state index is 11.1. The van der Waals surface area contributed by atoms with Gasteiger partial charge in [0.25, 0.3) is 0 Å². The number of hydrogen-bond acceptors (Lipinski definition) is 9. The number of Topliss-reactive ketones (excluding diaryl/α,β-unsaturated/α-hetero) is 1. The Labute approximate surface area is 121 Å². The quantitative estimate of drug-likeness (QED) is 0.265. The van der Waals surface area contributed by atoms with E-state index in [2.05, 4.69) is 23.7 Å². The second-order valence-electron chi connectivity index (χ2n) is 3.73. The Balaban J connectivity index is 3.60. The third-order valence-corrected chi connectivity index (χ3v) is 1.78. The Hall–Kier alpha value is -2.00. The van der Waals surface area contributed by atoms with Crippen LogP contribution < -0.4 is 0 Å². The molecule has 0 heterocycles. The van der Waals surface area contributed by atoms with Crippen molar-refractivity contribution in [1.29, 1.82) is 0 Å². The van der Waals surface area contributed by atoms with E-state index in [1.54, 1.807) is 0 Å². The van der Waals surface area contributed by atoms with E-state index in [9.17, 15) is 19.2 Å². The molecule has 0 aliphatic carbocycles. The molecule has 0 saturated carbocycles. The molecule has 0 aliphatic heterocycles. The van der Waals surface area contributed by atoms with Crippen molar-refractivity contribution in [1.82, 2.24) is 0 Å². The lowest BCUT2D eigenvalue weighted by Crippen LogP contribution is -2.23. The second kappa shape index (κ2) is 11.8. The lowest BCUT2D eigenvalue weighted by molar-refractivity contribution is -0.164. The van der Waals surface area contributed by atoms with Crippen LogP contribution in [0.4, 0.5) is 0 Å². The fourth-order valence-electron chi connectivity index (χ4n) is 0.903. The van der Waals surface area contributed by atoms with Crippen molar-refractivity contribution in [3.05, 3.63) is 0 Å². The molecule has 21 heavy (non-hydrogen) atoms. The van der Waals surface area contributed by atoms with Crippen molar-refractivity contribution in [2.75, 3.05) is 46.8 Å². The molecule has 0 amide bonds. The predicted octanol–water partition coefficient (Wildman–Crippen LogP) is -1.13. The fourth-order valence-corrected chi connectivity index (χ4v) is 0.903. The average Bonchev–Trinajstić information content (AvgIpc) is 2.43. The van der Waals surface area contributed by atoms with Gasteiger partial charge in [0.1, 0.15) is 26.4 Å². The molecule has 0 atom stereocenters. The Morgan fingerprint density at radius 2 is 1.24 bits per heavy atom. The van der Waals surface area contributed by atoms with Gasteiger partial charge < -0.3 is 23.7 Å². The van der Waals surface area contributed by atoms with Gasteiger partial charge >= 0.3 is 17.9 Å². The fraction of sp³-hybridized carbons (Fsp3) is 0.667. The number of carbonyl (C=O) groups is 4. The van der Waals surface area contributed by atoms with Gasteiger partial charge in [-0.15, -0.1) is 0 Å². The van der Waals surface area contributed by atoms with Crippen molar-refractivity contribution in [2.24, 2.45) is 0 Å². The van der Waals surface area contributed by atoms with Crippen molar-refractivity contribution >= 4 is 23.7 Å². The molecule has 0 fully saturated rings. The maximum atomic E-state index is 11.1. The van der Waals surface area contributed by atoms with E-state index in [-0.39, 0.29) is 25.6 Å². The van der Waals surface area contributed by atoms with E-state index in [1.807, 2.05) is 0 Å². The number of ketones is 1. The average molecular weight is 306 g/mol. The number of methoxy groups -OCH3 is 1. The van der Waals surface area contributed by atoms with Crippen molar-refractivity contribution in [3.63, 3.8) is 0 Å². The SMILES string of the molecule is COCCOC(=O)COC(=O)COCC(=O)OCC(C)=O. The van der Waals surface area contributed by atoms with Crippen LogP contribution in [-0.2, 0) is 42.9 Å². The molecule has 0 radical (unpaired) electrons. The summed E-state index contributed by atoms with van der Waals surface area (Å²) in [5.41, 5.74) is 0. The smallest absolute Gasteiger partial charge is 0.344 e. The summed E-state index contributed by atoms with van der Waals surface area (Å²) in [5.74, 6) is -2.65. The molecule has 9 nitrogen and oxygen atoms in total. The summed E-state index contributed by atoms with van der Waals surface area (Å²) < 4.78 is 23.0. The van der Waals surface area contributed by atoms with Crippen LogP contribution in [0.15, 0.2) is 0 Å². The zero-order chi connectivity index (χ0) is 16.1. The number of ether oxygens (including phenoxy) is 5. The molecule has 0 aliphatic rings. The van der Waals surface area contributed by atoms with Crippen LogP contribution in [0, 0.1) is 0 Å². The summed E-state index contributed by atoms with van der Waals surface area (Å²) in [5, 5.41) is 0. The van der Waals surface area contributed by atoms with Gasteiger partial charge in [0, 0.05) is 7.11 Å². The number of rotatable bonds is 11. The van der Waals surface area contributed by atoms with Gasteiger partial charge in [-0.1, -0.05) is 0 Å². The molecular weight excluding hydrogens is 288 g/mol. The van der Waals surface area contributed by atoms with Crippen LogP contribution in [0.2, 0.25) is 0 Å². The first kappa shape index (κ1) is 19.0. The summed E-state index contributed by atoms with van der Waals surface area (Å²) >= 11 is 0. The number of carbonyl (C=O) groups excluding carboxylic acids is 4. The van der Waals surface area contributed by atoms with Gasteiger partial charge in [0.15, 0.2) is 12.4 Å². The molecule has 0 saturated heterocycles. The van der Waals surface area contributed by atoms with Crippen LogP contribution in [0.25, 0.3) is 0 Å². The van der Waals surface area contributed by atoms with Crippen molar-refractivity contribution in [3.8, 4) is 0 Å². The minimum Gasteiger partial charge on any atom is -0.461 e. The van der Waals surface area contributed by atoms with Crippen LogP contribution in [0.1, 0.15) is 6.92 Å². The van der Waals surface area contributed by atoms with Crippen LogP contribution in [0.3, 0.4) is 0 Å². The lowest BCUT2D eigenvalue weighted by atomic mass is 10.5. The van der Waals surface area contributed by atoms with Crippen LogP contribution >= 0.6 is 0 Å². The summed E-state index contributed by atoms with van der Waals surface area (Å²) in [7, 11) is 1.45. The maximum Gasteiger partial charge on any atom is 0.344 e. The summed E-state index contributed by atoms with van der Waals surface area (Å²) in [6.45, 7) is -0.365. The van der Waals surface area contributed by atoms with Gasteiger partial charge in [0.2, 0.25) is 0 Å². The minimum absolute atomic E-state index is 0.0609. The van der Waals surface area contributed by atoms with Crippen LogP contribution in [0.5, 0.6) is 0 Å². The molecule has 0 aromatic rings. The highest BCUT2D eigenvalue weighted by molar-refractivity contribution is 5.80. The molecule has 0 spiro atoms. The first-order chi connectivity index (χ1) is 9.95. The zero-order valence-corrected chi connectivity index (χ0v) is 11.9. The first-order valence-corrected chi connectivity index (χ1v) is 5.98. The molecule has 0 rings (SSSR count). The monoisotopic (exact) mass is 306 g/mol. The van der Waals surface area contributed by atoms with Gasteiger partial charge in [-0.2, -0.15) is 0 Å². The summed E-state index contributed by atoms with van der Waals surface area (Å²) in [4.78, 5) is 43.7. The summed E-state index contributed by atoms with van der Waals surface area (Å²) in [6.07, 6.45) is 0. The van der Waals surface area contributed by atoms with E-state index in [4.69, 9.17) is 0 Å². The number of hydrogen-bond donors (Lipinski definition) is 0. The molecule has 0 unspecified atom stereocenters. The zero-order valence-electron chi connectivity index (χ0n) is 11.9. The molecular formula is C12H18O9. The number of esters is 3. The summed E-state index contributed by atoms with van der Waals surface area (Å²) in [6, 6.07) is 0. The highest BCUT2D eigenvalue weighted by Gasteiger charge is 2.10. The van der Waals surface area contributed by atoms with E-state index in [0.717, 1.165) is 0 Å². The Bertz CT molecular complexity index is 364. The Morgan fingerprint density at radius 1 is 0.714 bits per heavy atom. The molecule has 0 aromatic carbocycles. The molecule has 0 bridgehead atoms. The van der Waals surface area contributed by atoms with Crippen molar-refractivity contribution < 1.29 is 42.9 Å². The Morgan fingerprint density at radius 3 is 1.76 bits per heavy atom. The van der Waals surface area contributed by atoms with E-state index >= 15 is 0 Å². The minimum atomic E-state index is -0.835. The Kier molecular flexibility index (Phi) is 10.7. The van der Waals surface area contributed by atoms with E-state index in [1.165, 1.54) is 14.0 Å². The van der Waals surface area contributed by atoms with Gasteiger partial charge in [-0.05, 0) is 6.92 Å². The largest absolute Gasteiger partial charge is 0.461 e. The topological polar surface area (TPSA) is 114 Å². The molecule has 0 N–H and O–H groups in total.